The van der Waals surface area contributed by atoms with Gasteiger partial charge in [-0.05, 0) is 55.3 Å². The summed E-state index contributed by atoms with van der Waals surface area (Å²) < 4.78 is 0. The molecule has 1 fully saturated rings. The van der Waals surface area contributed by atoms with Crippen LogP contribution in [0.25, 0.3) is 11.3 Å². The summed E-state index contributed by atoms with van der Waals surface area (Å²) in [6.07, 6.45) is 4.95. The highest BCUT2D eigenvalue weighted by Crippen LogP contribution is 2.25. The predicted octanol–water partition coefficient (Wildman–Crippen LogP) is 3.35. The zero-order chi connectivity index (χ0) is 21.6. The van der Waals surface area contributed by atoms with E-state index in [1.807, 2.05) is 30.3 Å². The first-order valence-electron chi connectivity index (χ1n) is 10.3. The average molecular weight is 416 g/mol. The van der Waals surface area contributed by atoms with Crippen molar-refractivity contribution in [2.45, 2.75) is 19.8 Å². The van der Waals surface area contributed by atoms with E-state index >= 15 is 0 Å². The van der Waals surface area contributed by atoms with Crippen LogP contribution in [0.15, 0.2) is 60.9 Å². The van der Waals surface area contributed by atoms with Gasteiger partial charge in [0, 0.05) is 55.3 Å². The Kier molecular flexibility index (Phi) is 6.16. The summed E-state index contributed by atoms with van der Waals surface area (Å²) in [6.45, 7) is 2.94. The number of nitrogens with zero attached hydrogens (tertiary/aromatic N) is 4. The summed E-state index contributed by atoms with van der Waals surface area (Å²) in [7, 11) is 0. The predicted molar refractivity (Wildman–Crippen MR) is 120 cm³/mol. The van der Waals surface area contributed by atoms with Crippen molar-refractivity contribution in [2.24, 2.45) is 5.92 Å². The van der Waals surface area contributed by atoms with Crippen molar-refractivity contribution < 1.29 is 9.59 Å². The van der Waals surface area contributed by atoms with Crippen molar-refractivity contribution in [3.63, 3.8) is 0 Å². The third-order valence-electron chi connectivity index (χ3n) is 5.27. The number of aromatic nitrogens is 3. The van der Waals surface area contributed by atoms with Gasteiger partial charge in [-0.2, -0.15) is 0 Å². The second-order valence-electron chi connectivity index (χ2n) is 7.53. The Labute approximate surface area is 180 Å². The molecule has 8 nitrogen and oxygen atoms in total. The lowest BCUT2D eigenvalue weighted by molar-refractivity contribution is -0.120. The van der Waals surface area contributed by atoms with Gasteiger partial charge >= 0.3 is 0 Å². The Morgan fingerprint density at radius 3 is 2.29 bits per heavy atom. The van der Waals surface area contributed by atoms with Gasteiger partial charge in [-0.15, -0.1) is 10.2 Å². The van der Waals surface area contributed by atoms with Crippen molar-refractivity contribution in [3.05, 3.63) is 60.9 Å². The lowest BCUT2D eigenvalue weighted by Crippen LogP contribution is -2.38. The third kappa shape index (κ3) is 5.22. The van der Waals surface area contributed by atoms with Gasteiger partial charge in [0.05, 0.1) is 5.69 Å². The standard InChI is InChI=1S/C23H24N6O2/c1-16(30)25-19-3-2-4-20(15-19)26-23(31)18-9-13-29(14-10-18)22-6-5-21(27-28-22)17-7-11-24-12-8-17/h2-8,11-12,15,18H,9-10,13-14H2,1H3,(H,25,30)(H,26,31). The molecule has 1 aliphatic heterocycles. The fourth-order valence-electron chi connectivity index (χ4n) is 3.66. The molecule has 4 rings (SSSR count). The lowest BCUT2D eigenvalue weighted by atomic mass is 9.95. The third-order valence-corrected chi connectivity index (χ3v) is 5.27. The topological polar surface area (TPSA) is 100 Å². The van der Waals surface area contributed by atoms with Crippen molar-refractivity contribution in [1.82, 2.24) is 15.2 Å². The Balaban J connectivity index is 1.32. The average Bonchev–Trinajstić information content (AvgIpc) is 2.80. The number of nitrogens with one attached hydrogen (secondary N) is 2. The van der Waals surface area contributed by atoms with Crippen LogP contribution >= 0.6 is 0 Å². The Morgan fingerprint density at radius 1 is 0.935 bits per heavy atom. The quantitative estimate of drug-likeness (QED) is 0.662. The number of amides is 2. The Hall–Kier alpha value is -3.81. The van der Waals surface area contributed by atoms with Crippen molar-refractivity contribution in [2.75, 3.05) is 28.6 Å². The summed E-state index contributed by atoms with van der Waals surface area (Å²) in [6, 6.07) is 14.9. The minimum absolute atomic E-state index is 0.00116. The molecule has 0 aliphatic carbocycles. The van der Waals surface area contributed by atoms with E-state index in [0.717, 1.165) is 43.0 Å². The summed E-state index contributed by atoms with van der Waals surface area (Å²) in [5.41, 5.74) is 3.12. The van der Waals surface area contributed by atoms with Gasteiger partial charge < -0.3 is 15.5 Å². The largest absolute Gasteiger partial charge is 0.355 e. The number of piperidine rings is 1. The van der Waals surface area contributed by atoms with Gasteiger partial charge in [-0.25, -0.2) is 0 Å². The highest BCUT2D eigenvalue weighted by atomic mass is 16.2. The number of anilines is 3. The minimum atomic E-state index is -0.146. The number of hydrogen-bond donors (Lipinski definition) is 2. The minimum Gasteiger partial charge on any atom is -0.355 e. The Bertz CT molecular complexity index is 1050. The molecule has 0 spiro atoms. The number of carbonyl (C=O) groups excluding carboxylic acids is 2. The van der Waals surface area contributed by atoms with E-state index in [9.17, 15) is 9.59 Å². The van der Waals surface area contributed by atoms with E-state index in [1.54, 1.807) is 30.6 Å². The molecule has 3 heterocycles. The zero-order valence-corrected chi connectivity index (χ0v) is 17.3. The molecule has 0 unspecified atom stereocenters. The smallest absolute Gasteiger partial charge is 0.227 e. The highest BCUT2D eigenvalue weighted by Gasteiger charge is 2.26. The molecule has 8 heteroatoms. The van der Waals surface area contributed by atoms with Crippen LogP contribution in [0.1, 0.15) is 19.8 Å². The van der Waals surface area contributed by atoms with E-state index < -0.39 is 0 Å². The van der Waals surface area contributed by atoms with E-state index in [0.29, 0.717) is 11.4 Å². The summed E-state index contributed by atoms with van der Waals surface area (Å²) in [4.78, 5) is 30.1. The van der Waals surface area contributed by atoms with E-state index in [4.69, 9.17) is 0 Å². The van der Waals surface area contributed by atoms with E-state index in [2.05, 4.69) is 30.7 Å². The zero-order valence-electron chi connectivity index (χ0n) is 17.3. The van der Waals surface area contributed by atoms with Gasteiger partial charge in [0.2, 0.25) is 11.8 Å². The number of pyridine rings is 1. The molecule has 158 valence electrons. The molecule has 0 radical (unpaired) electrons. The maximum Gasteiger partial charge on any atom is 0.227 e. The molecule has 1 aliphatic rings. The first kappa shape index (κ1) is 20.5. The maximum absolute atomic E-state index is 12.7. The molecule has 0 bridgehead atoms. The fraction of sp³-hybridized carbons (Fsp3) is 0.261. The van der Waals surface area contributed by atoms with Crippen LogP contribution in [-0.2, 0) is 9.59 Å². The fourth-order valence-corrected chi connectivity index (χ4v) is 3.66. The number of benzene rings is 1. The van der Waals surface area contributed by atoms with Crippen LogP contribution in [0.2, 0.25) is 0 Å². The van der Waals surface area contributed by atoms with E-state index in [-0.39, 0.29) is 17.7 Å². The van der Waals surface area contributed by atoms with Gasteiger partial charge in [0.25, 0.3) is 0 Å². The van der Waals surface area contributed by atoms with Crippen LogP contribution in [0.5, 0.6) is 0 Å². The second-order valence-corrected chi connectivity index (χ2v) is 7.53. The molecule has 1 saturated heterocycles. The van der Waals surface area contributed by atoms with Crippen molar-refractivity contribution in [3.8, 4) is 11.3 Å². The van der Waals surface area contributed by atoms with Gasteiger partial charge in [0.1, 0.15) is 0 Å². The van der Waals surface area contributed by atoms with Gasteiger partial charge in [0.15, 0.2) is 5.82 Å². The van der Waals surface area contributed by atoms with E-state index in [1.165, 1.54) is 6.92 Å². The monoisotopic (exact) mass is 416 g/mol. The SMILES string of the molecule is CC(=O)Nc1cccc(NC(=O)C2CCN(c3ccc(-c4ccncc4)nn3)CC2)c1. The highest BCUT2D eigenvalue weighted by molar-refractivity contribution is 5.94. The lowest BCUT2D eigenvalue weighted by Gasteiger charge is -2.31. The van der Waals surface area contributed by atoms with Gasteiger partial charge in [-0.1, -0.05) is 6.07 Å². The Morgan fingerprint density at radius 2 is 1.65 bits per heavy atom. The molecule has 2 N–H and O–H groups in total. The molecule has 1 aromatic carbocycles. The summed E-state index contributed by atoms with van der Waals surface area (Å²) in [5, 5.41) is 14.4. The maximum atomic E-state index is 12.7. The van der Waals surface area contributed by atoms with Crippen LogP contribution in [-0.4, -0.2) is 40.1 Å². The molecule has 3 aromatic rings. The van der Waals surface area contributed by atoms with Crippen molar-refractivity contribution >= 4 is 29.0 Å². The first-order valence-corrected chi connectivity index (χ1v) is 10.3. The van der Waals surface area contributed by atoms with Crippen LogP contribution in [0.3, 0.4) is 0 Å². The molecule has 0 saturated carbocycles. The molecule has 0 atom stereocenters. The van der Waals surface area contributed by atoms with Gasteiger partial charge in [-0.3, -0.25) is 14.6 Å². The molecule has 31 heavy (non-hydrogen) atoms. The number of hydrogen-bond acceptors (Lipinski definition) is 6. The molecular weight excluding hydrogens is 392 g/mol. The summed E-state index contributed by atoms with van der Waals surface area (Å²) in [5.74, 6) is 0.607. The normalized spacial score (nSPS) is 14.2. The summed E-state index contributed by atoms with van der Waals surface area (Å²) >= 11 is 0. The van der Waals surface area contributed by atoms with Crippen LogP contribution in [0, 0.1) is 5.92 Å². The number of carbonyl (C=O) groups is 2. The molecule has 2 amide bonds. The number of rotatable bonds is 5. The first-order chi connectivity index (χ1) is 15.1. The van der Waals surface area contributed by atoms with Crippen molar-refractivity contribution in [1.29, 1.82) is 0 Å². The molecule has 2 aromatic heterocycles. The van der Waals surface area contributed by atoms with Crippen LogP contribution in [0.4, 0.5) is 17.2 Å². The molecular formula is C23H24N6O2. The van der Waals surface area contributed by atoms with Crippen LogP contribution < -0.4 is 15.5 Å². The second kappa shape index (κ2) is 9.34.